The fraction of sp³-hybridized carbons (Fsp3) is 0.900. The highest BCUT2D eigenvalue weighted by molar-refractivity contribution is 5.80. The van der Waals surface area contributed by atoms with E-state index in [4.69, 9.17) is 4.74 Å². The number of hydrogen-bond acceptors (Lipinski definition) is 2. The molecule has 0 bridgehead atoms. The quantitative estimate of drug-likeness (QED) is 0.552. The zero-order chi connectivity index (χ0) is 8.82. The summed E-state index contributed by atoms with van der Waals surface area (Å²) in [5, 5.41) is 0. The molecule has 0 aromatic rings. The lowest BCUT2D eigenvalue weighted by Crippen LogP contribution is -2.54. The van der Waals surface area contributed by atoms with E-state index in [1.54, 1.807) is 0 Å². The molecule has 2 fully saturated rings. The Bertz CT molecular complexity index is 210. The van der Waals surface area contributed by atoms with E-state index in [-0.39, 0.29) is 5.60 Å². The van der Waals surface area contributed by atoms with Crippen molar-refractivity contribution < 1.29 is 9.53 Å². The van der Waals surface area contributed by atoms with Gasteiger partial charge in [-0.05, 0) is 18.3 Å². The molecule has 0 atom stereocenters. The number of Topliss-reactive ketones (excluding diaryl/α,β-unsaturated/α-hetero) is 1. The maximum atomic E-state index is 11.2. The molecular weight excluding hydrogens is 152 g/mol. The number of hydrogen-bond donors (Lipinski definition) is 0. The minimum Gasteiger partial charge on any atom is -0.374 e. The standard InChI is InChI=1S/C10H16O2/c1-9(2)6-10(7-9)5-8(11)3-4-12-10/h3-7H2,1-2H3. The van der Waals surface area contributed by atoms with Crippen molar-refractivity contribution in [3.63, 3.8) is 0 Å². The van der Waals surface area contributed by atoms with Crippen molar-refractivity contribution in [2.45, 2.75) is 45.1 Å². The first-order valence-electron chi connectivity index (χ1n) is 4.67. The van der Waals surface area contributed by atoms with Gasteiger partial charge in [-0.2, -0.15) is 0 Å². The Labute approximate surface area is 73.3 Å². The van der Waals surface area contributed by atoms with E-state index < -0.39 is 0 Å². The fourth-order valence-corrected chi connectivity index (χ4v) is 2.80. The van der Waals surface area contributed by atoms with Gasteiger partial charge in [0.2, 0.25) is 0 Å². The van der Waals surface area contributed by atoms with Crippen molar-refractivity contribution in [3.05, 3.63) is 0 Å². The predicted octanol–water partition coefficient (Wildman–Crippen LogP) is 1.92. The molecule has 0 N–H and O–H groups in total. The second-order valence-electron chi connectivity index (χ2n) is 5.01. The summed E-state index contributed by atoms with van der Waals surface area (Å²) in [7, 11) is 0. The van der Waals surface area contributed by atoms with Crippen LogP contribution in [0.15, 0.2) is 0 Å². The molecule has 1 aliphatic carbocycles. The van der Waals surface area contributed by atoms with Crippen LogP contribution < -0.4 is 0 Å². The summed E-state index contributed by atoms with van der Waals surface area (Å²) in [5.74, 6) is 0.386. The lowest BCUT2D eigenvalue weighted by atomic mass is 9.59. The van der Waals surface area contributed by atoms with E-state index >= 15 is 0 Å². The van der Waals surface area contributed by atoms with E-state index in [1.807, 2.05) is 0 Å². The van der Waals surface area contributed by atoms with Crippen molar-refractivity contribution in [1.82, 2.24) is 0 Å². The molecule has 2 nitrogen and oxygen atoms in total. The number of ether oxygens (including phenoxy) is 1. The van der Waals surface area contributed by atoms with Gasteiger partial charge in [-0.1, -0.05) is 13.8 Å². The lowest BCUT2D eigenvalue weighted by Gasteiger charge is -2.54. The largest absolute Gasteiger partial charge is 0.374 e. The lowest BCUT2D eigenvalue weighted by molar-refractivity contribution is -0.183. The molecule has 0 radical (unpaired) electrons. The van der Waals surface area contributed by atoms with Gasteiger partial charge in [0.25, 0.3) is 0 Å². The first-order chi connectivity index (χ1) is 5.52. The Morgan fingerprint density at radius 1 is 1.33 bits per heavy atom. The van der Waals surface area contributed by atoms with Crippen molar-refractivity contribution >= 4 is 5.78 Å². The molecule has 0 unspecified atom stereocenters. The van der Waals surface area contributed by atoms with Crippen LogP contribution in [0.2, 0.25) is 0 Å². The molecule has 0 aromatic carbocycles. The molecule has 1 saturated carbocycles. The molecule has 2 rings (SSSR count). The molecule has 12 heavy (non-hydrogen) atoms. The van der Waals surface area contributed by atoms with E-state index in [2.05, 4.69) is 13.8 Å². The average molecular weight is 168 g/mol. The summed E-state index contributed by atoms with van der Waals surface area (Å²) in [6.07, 6.45) is 3.41. The van der Waals surface area contributed by atoms with E-state index in [0.717, 1.165) is 12.8 Å². The third kappa shape index (κ3) is 1.28. The number of rotatable bonds is 0. The van der Waals surface area contributed by atoms with Crippen LogP contribution in [-0.4, -0.2) is 18.0 Å². The van der Waals surface area contributed by atoms with Crippen LogP contribution in [0.25, 0.3) is 0 Å². The normalized spacial score (nSPS) is 31.7. The van der Waals surface area contributed by atoms with Crippen LogP contribution in [0.5, 0.6) is 0 Å². The third-order valence-corrected chi connectivity index (χ3v) is 2.91. The Hall–Kier alpha value is -0.370. The molecule has 2 aliphatic rings. The number of carbonyl (C=O) groups excluding carboxylic acids is 1. The zero-order valence-corrected chi connectivity index (χ0v) is 7.85. The molecule has 2 heteroatoms. The summed E-state index contributed by atoms with van der Waals surface area (Å²) in [6.45, 7) is 5.12. The summed E-state index contributed by atoms with van der Waals surface area (Å²) in [4.78, 5) is 11.2. The maximum absolute atomic E-state index is 11.2. The van der Waals surface area contributed by atoms with Gasteiger partial charge >= 0.3 is 0 Å². The van der Waals surface area contributed by atoms with E-state index in [1.165, 1.54) is 0 Å². The van der Waals surface area contributed by atoms with Gasteiger partial charge < -0.3 is 4.74 Å². The highest BCUT2D eigenvalue weighted by Crippen LogP contribution is 2.53. The molecular formula is C10H16O2. The highest BCUT2D eigenvalue weighted by Gasteiger charge is 2.52. The molecule has 0 amide bonds. The summed E-state index contributed by atoms with van der Waals surface area (Å²) >= 11 is 0. The Morgan fingerprint density at radius 2 is 2.00 bits per heavy atom. The Balaban J connectivity index is 2.01. The second-order valence-corrected chi connectivity index (χ2v) is 5.01. The third-order valence-electron chi connectivity index (χ3n) is 2.91. The minimum atomic E-state index is -0.0428. The van der Waals surface area contributed by atoms with Gasteiger partial charge in [0.1, 0.15) is 5.78 Å². The van der Waals surface area contributed by atoms with Crippen LogP contribution in [0.3, 0.4) is 0 Å². The van der Waals surface area contributed by atoms with Crippen molar-refractivity contribution in [1.29, 1.82) is 0 Å². The monoisotopic (exact) mass is 168 g/mol. The van der Waals surface area contributed by atoms with Gasteiger partial charge in [-0.25, -0.2) is 0 Å². The van der Waals surface area contributed by atoms with Gasteiger partial charge in [-0.15, -0.1) is 0 Å². The Morgan fingerprint density at radius 3 is 2.50 bits per heavy atom. The SMILES string of the molecule is CC1(C)CC2(CC(=O)CCO2)C1. The zero-order valence-electron chi connectivity index (χ0n) is 7.85. The predicted molar refractivity (Wildman–Crippen MR) is 45.9 cm³/mol. The smallest absolute Gasteiger partial charge is 0.138 e. The van der Waals surface area contributed by atoms with Crippen molar-refractivity contribution in [2.75, 3.05) is 6.61 Å². The maximum Gasteiger partial charge on any atom is 0.138 e. The summed E-state index contributed by atoms with van der Waals surface area (Å²) < 4.78 is 5.69. The van der Waals surface area contributed by atoms with Crippen LogP contribution in [0.4, 0.5) is 0 Å². The first kappa shape index (κ1) is 8.24. The van der Waals surface area contributed by atoms with Gasteiger partial charge in [0.05, 0.1) is 12.2 Å². The highest BCUT2D eigenvalue weighted by atomic mass is 16.5. The second kappa shape index (κ2) is 2.32. The Kier molecular flexibility index (Phi) is 1.59. The van der Waals surface area contributed by atoms with E-state index in [9.17, 15) is 4.79 Å². The van der Waals surface area contributed by atoms with E-state index in [0.29, 0.717) is 30.6 Å². The van der Waals surface area contributed by atoms with Crippen LogP contribution in [0, 0.1) is 5.41 Å². The van der Waals surface area contributed by atoms with Crippen LogP contribution >= 0.6 is 0 Å². The fourth-order valence-electron chi connectivity index (χ4n) is 2.80. The van der Waals surface area contributed by atoms with Gasteiger partial charge in [0, 0.05) is 12.8 Å². The summed E-state index contributed by atoms with van der Waals surface area (Å²) in [6, 6.07) is 0. The summed E-state index contributed by atoms with van der Waals surface area (Å²) in [5.41, 5.74) is 0.358. The van der Waals surface area contributed by atoms with Gasteiger partial charge in [0.15, 0.2) is 0 Å². The number of ketones is 1. The molecule has 1 aliphatic heterocycles. The van der Waals surface area contributed by atoms with Crippen molar-refractivity contribution in [3.8, 4) is 0 Å². The molecule has 1 spiro atoms. The molecule has 1 saturated heterocycles. The van der Waals surface area contributed by atoms with Crippen LogP contribution in [0.1, 0.15) is 39.5 Å². The number of carbonyl (C=O) groups is 1. The van der Waals surface area contributed by atoms with Gasteiger partial charge in [-0.3, -0.25) is 4.79 Å². The minimum absolute atomic E-state index is 0.0428. The molecule has 1 heterocycles. The average Bonchev–Trinajstić information content (AvgIpc) is 1.81. The molecule has 0 aromatic heterocycles. The first-order valence-corrected chi connectivity index (χ1v) is 4.67. The van der Waals surface area contributed by atoms with Crippen LogP contribution in [-0.2, 0) is 9.53 Å². The van der Waals surface area contributed by atoms with Crippen molar-refractivity contribution in [2.24, 2.45) is 5.41 Å². The molecule has 68 valence electrons. The topological polar surface area (TPSA) is 26.3 Å².